The zero-order valence-corrected chi connectivity index (χ0v) is 15.7. The lowest BCUT2D eigenvalue weighted by molar-refractivity contribution is 0.694. The smallest absolute Gasteiger partial charge is 0.191 e. The van der Waals surface area contributed by atoms with Gasteiger partial charge in [0.15, 0.2) is 11.8 Å². The lowest BCUT2D eigenvalue weighted by atomic mass is 10.1. The maximum absolute atomic E-state index is 4.62. The SMILES string of the molecule is CCNC(=NCc1nncn1CC)NCCc1c[nH]c2cc(C)ccc12. The summed E-state index contributed by atoms with van der Waals surface area (Å²) in [6, 6.07) is 6.53. The summed E-state index contributed by atoms with van der Waals surface area (Å²) in [6.07, 6.45) is 4.77. The Balaban J connectivity index is 1.60. The van der Waals surface area contributed by atoms with Crippen molar-refractivity contribution in [3.63, 3.8) is 0 Å². The maximum Gasteiger partial charge on any atom is 0.191 e. The van der Waals surface area contributed by atoms with E-state index in [4.69, 9.17) is 0 Å². The summed E-state index contributed by atoms with van der Waals surface area (Å²) in [4.78, 5) is 7.98. The van der Waals surface area contributed by atoms with Gasteiger partial charge in [0.2, 0.25) is 0 Å². The molecule has 138 valence electrons. The van der Waals surface area contributed by atoms with E-state index >= 15 is 0 Å². The van der Waals surface area contributed by atoms with E-state index in [1.54, 1.807) is 6.33 Å². The number of rotatable bonds is 7. The lowest BCUT2D eigenvalue weighted by Crippen LogP contribution is -2.38. The standard InChI is InChI=1S/C19H27N7/c1-4-20-19(23-12-18-25-24-13-26(18)5-2)21-9-8-15-11-22-17-10-14(3)6-7-16(15)17/h6-7,10-11,13,22H,4-5,8-9,12H2,1-3H3,(H2,20,21,23). The first kappa shape index (κ1) is 18.0. The van der Waals surface area contributed by atoms with Crippen molar-refractivity contribution in [2.24, 2.45) is 4.99 Å². The Morgan fingerprint density at radius 3 is 2.96 bits per heavy atom. The van der Waals surface area contributed by atoms with Gasteiger partial charge in [-0.2, -0.15) is 0 Å². The highest BCUT2D eigenvalue weighted by molar-refractivity contribution is 5.84. The van der Waals surface area contributed by atoms with Gasteiger partial charge in [-0.25, -0.2) is 4.99 Å². The van der Waals surface area contributed by atoms with Gasteiger partial charge in [-0.3, -0.25) is 0 Å². The van der Waals surface area contributed by atoms with Gasteiger partial charge in [0.25, 0.3) is 0 Å². The number of aryl methyl sites for hydroxylation is 2. The van der Waals surface area contributed by atoms with Crippen LogP contribution in [0, 0.1) is 6.92 Å². The second kappa shape index (κ2) is 8.51. The molecule has 0 unspecified atom stereocenters. The average Bonchev–Trinajstić information content (AvgIpc) is 3.25. The summed E-state index contributed by atoms with van der Waals surface area (Å²) in [5.41, 5.74) is 3.78. The summed E-state index contributed by atoms with van der Waals surface area (Å²) in [7, 11) is 0. The van der Waals surface area contributed by atoms with Crippen LogP contribution < -0.4 is 10.6 Å². The summed E-state index contributed by atoms with van der Waals surface area (Å²) >= 11 is 0. The molecule has 2 heterocycles. The highest BCUT2D eigenvalue weighted by atomic mass is 15.3. The van der Waals surface area contributed by atoms with E-state index in [1.165, 1.54) is 22.0 Å². The normalized spacial score (nSPS) is 11.9. The molecule has 0 spiro atoms. The predicted octanol–water partition coefficient (Wildman–Crippen LogP) is 2.39. The molecular formula is C19H27N7. The number of aromatic amines is 1. The van der Waals surface area contributed by atoms with Crippen LogP contribution in [0.2, 0.25) is 0 Å². The Labute approximate surface area is 153 Å². The van der Waals surface area contributed by atoms with E-state index in [0.29, 0.717) is 6.54 Å². The van der Waals surface area contributed by atoms with Crippen LogP contribution in [-0.4, -0.2) is 38.8 Å². The molecule has 7 nitrogen and oxygen atoms in total. The summed E-state index contributed by atoms with van der Waals surface area (Å²) < 4.78 is 2.00. The number of nitrogens with zero attached hydrogens (tertiary/aromatic N) is 4. The first-order valence-electron chi connectivity index (χ1n) is 9.16. The maximum atomic E-state index is 4.62. The van der Waals surface area contributed by atoms with Crippen molar-refractivity contribution in [2.45, 2.75) is 40.3 Å². The minimum atomic E-state index is 0.509. The lowest BCUT2D eigenvalue weighted by Gasteiger charge is -2.11. The number of guanidine groups is 1. The topological polar surface area (TPSA) is 82.9 Å². The highest BCUT2D eigenvalue weighted by Gasteiger charge is 2.06. The molecule has 0 fully saturated rings. The number of H-pyrrole nitrogens is 1. The van der Waals surface area contributed by atoms with Gasteiger partial charge in [0.1, 0.15) is 12.9 Å². The largest absolute Gasteiger partial charge is 0.361 e. The zero-order chi connectivity index (χ0) is 18.4. The molecule has 2 aromatic heterocycles. The Morgan fingerprint density at radius 2 is 2.15 bits per heavy atom. The van der Waals surface area contributed by atoms with Crippen molar-refractivity contribution in [3.05, 3.63) is 47.7 Å². The van der Waals surface area contributed by atoms with Gasteiger partial charge < -0.3 is 20.2 Å². The first-order valence-corrected chi connectivity index (χ1v) is 9.16. The van der Waals surface area contributed by atoms with E-state index < -0.39 is 0 Å². The molecule has 1 aromatic carbocycles. The van der Waals surface area contributed by atoms with E-state index in [2.05, 4.69) is 76.0 Å². The molecular weight excluding hydrogens is 326 g/mol. The molecule has 0 saturated heterocycles. The van der Waals surface area contributed by atoms with Crippen LogP contribution in [0.25, 0.3) is 10.9 Å². The first-order chi connectivity index (χ1) is 12.7. The van der Waals surface area contributed by atoms with Gasteiger partial charge >= 0.3 is 0 Å². The quantitative estimate of drug-likeness (QED) is 0.450. The molecule has 7 heteroatoms. The molecule has 26 heavy (non-hydrogen) atoms. The van der Waals surface area contributed by atoms with E-state index in [9.17, 15) is 0 Å². The second-order valence-electron chi connectivity index (χ2n) is 6.27. The van der Waals surface area contributed by atoms with E-state index in [-0.39, 0.29) is 0 Å². The van der Waals surface area contributed by atoms with Crippen molar-refractivity contribution in [3.8, 4) is 0 Å². The van der Waals surface area contributed by atoms with Gasteiger partial charge in [0.05, 0.1) is 0 Å². The third-order valence-electron chi connectivity index (χ3n) is 4.37. The van der Waals surface area contributed by atoms with Crippen LogP contribution in [0.3, 0.4) is 0 Å². The number of benzene rings is 1. The number of aromatic nitrogens is 4. The molecule has 0 aliphatic heterocycles. The summed E-state index contributed by atoms with van der Waals surface area (Å²) in [5, 5.41) is 16.0. The third-order valence-corrected chi connectivity index (χ3v) is 4.37. The fraction of sp³-hybridized carbons (Fsp3) is 0.421. The minimum absolute atomic E-state index is 0.509. The molecule has 3 rings (SSSR count). The van der Waals surface area contributed by atoms with Crippen molar-refractivity contribution >= 4 is 16.9 Å². The number of fused-ring (bicyclic) bond motifs is 1. The Kier molecular flexibility index (Phi) is 5.88. The molecule has 0 atom stereocenters. The second-order valence-corrected chi connectivity index (χ2v) is 6.27. The Hall–Kier alpha value is -2.83. The van der Waals surface area contributed by atoms with Crippen LogP contribution in [0.1, 0.15) is 30.8 Å². The molecule has 0 amide bonds. The molecule has 0 aliphatic carbocycles. The number of hydrogen-bond acceptors (Lipinski definition) is 3. The fourth-order valence-electron chi connectivity index (χ4n) is 2.98. The number of hydrogen-bond donors (Lipinski definition) is 3. The molecule has 0 bridgehead atoms. The van der Waals surface area contributed by atoms with Crippen molar-refractivity contribution in [2.75, 3.05) is 13.1 Å². The molecule has 3 N–H and O–H groups in total. The Morgan fingerprint density at radius 1 is 1.27 bits per heavy atom. The Bertz CT molecular complexity index is 875. The van der Waals surface area contributed by atoms with Crippen molar-refractivity contribution in [1.82, 2.24) is 30.4 Å². The van der Waals surface area contributed by atoms with Gasteiger partial charge in [-0.05, 0) is 44.4 Å². The third kappa shape index (κ3) is 4.22. The zero-order valence-electron chi connectivity index (χ0n) is 15.7. The van der Waals surface area contributed by atoms with Crippen molar-refractivity contribution < 1.29 is 0 Å². The van der Waals surface area contributed by atoms with Gasteiger partial charge in [-0.15, -0.1) is 10.2 Å². The minimum Gasteiger partial charge on any atom is -0.361 e. The van der Waals surface area contributed by atoms with Crippen molar-refractivity contribution in [1.29, 1.82) is 0 Å². The van der Waals surface area contributed by atoms with Crippen LogP contribution in [0.15, 0.2) is 35.7 Å². The highest BCUT2D eigenvalue weighted by Crippen LogP contribution is 2.19. The van der Waals surface area contributed by atoms with E-state index in [0.717, 1.165) is 37.8 Å². The van der Waals surface area contributed by atoms with Crippen LogP contribution in [-0.2, 0) is 19.5 Å². The number of nitrogens with one attached hydrogen (secondary N) is 3. The summed E-state index contributed by atoms with van der Waals surface area (Å²) in [6.45, 7) is 9.24. The molecule has 0 aliphatic rings. The predicted molar refractivity (Wildman–Crippen MR) is 105 cm³/mol. The monoisotopic (exact) mass is 353 g/mol. The van der Waals surface area contributed by atoms with Gasteiger partial charge in [-0.1, -0.05) is 12.1 Å². The van der Waals surface area contributed by atoms with Gasteiger partial charge in [0, 0.05) is 36.7 Å². The average molecular weight is 353 g/mol. The fourth-order valence-corrected chi connectivity index (χ4v) is 2.98. The molecule has 3 aromatic rings. The van der Waals surface area contributed by atoms with Crippen LogP contribution >= 0.6 is 0 Å². The number of aliphatic imine (C=N–C) groups is 1. The van der Waals surface area contributed by atoms with Crippen LogP contribution in [0.5, 0.6) is 0 Å². The molecule has 0 radical (unpaired) electrons. The van der Waals surface area contributed by atoms with Crippen LogP contribution in [0.4, 0.5) is 0 Å². The summed E-state index contributed by atoms with van der Waals surface area (Å²) in [5.74, 6) is 1.67. The van der Waals surface area contributed by atoms with E-state index in [1.807, 2.05) is 4.57 Å². The molecule has 0 saturated carbocycles.